The van der Waals surface area contributed by atoms with E-state index >= 15 is 0 Å². The molecule has 2 rings (SSSR count). The van der Waals surface area contributed by atoms with Gasteiger partial charge >= 0.3 is 0 Å². The van der Waals surface area contributed by atoms with Crippen LogP contribution in [-0.2, 0) is 9.59 Å². The average molecular weight is 378 g/mol. The Bertz CT molecular complexity index is 749. The fraction of sp³-hybridized carbons (Fsp3) is 0.368. The zero-order valence-corrected chi connectivity index (χ0v) is 15.4. The number of carbonyl (C=O) groups excluding carboxylic acids is 2. The molecule has 1 aliphatic rings. The number of nitrogens with zero attached hydrogens (tertiary/aromatic N) is 2. The van der Waals surface area contributed by atoms with Gasteiger partial charge in [0.25, 0.3) is 0 Å². The molecule has 0 radical (unpaired) electrons. The Hall–Kier alpha value is -2.36. The Balaban J connectivity index is 1.79. The summed E-state index contributed by atoms with van der Waals surface area (Å²) in [6, 6.07) is 4.07. The predicted molar refractivity (Wildman–Crippen MR) is 99.1 cm³/mol. The number of benzene rings is 1. The molecule has 0 bridgehead atoms. The van der Waals surface area contributed by atoms with Crippen LogP contribution in [0.3, 0.4) is 0 Å². The molecule has 0 aliphatic carbocycles. The molecular weight excluding hydrogens is 357 g/mol. The second-order valence-corrected chi connectivity index (χ2v) is 6.32. The summed E-state index contributed by atoms with van der Waals surface area (Å²) in [5.74, 6) is 5.23. The average Bonchev–Trinajstić information content (AvgIpc) is 2.66. The molecule has 0 spiro atoms. The number of piperazine rings is 1. The molecule has 1 aromatic rings. The van der Waals surface area contributed by atoms with Crippen molar-refractivity contribution in [3.63, 3.8) is 0 Å². The quantitative estimate of drug-likeness (QED) is 0.641. The second kappa shape index (κ2) is 9.37. The monoisotopic (exact) mass is 377 g/mol. The number of hydrogen-bond donors (Lipinski definition) is 1. The summed E-state index contributed by atoms with van der Waals surface area (Å²) in [4.78, 5) is 27.2. The molecule has 1 aliphatic heterocycles. The zero-order chi connectivity index (χ0) is 19.1. The van der Waals surface area contributed by atoms with E-state index in [1.807, 2.05) is 6.92 Å². The van der Waals surface area contributed by atoms with Crippen molar-refractivity contribution >= 4 is 23.4 Å². The first-order valence-electron chi connectivity index (χ1n) is 8.30. The van der Waals surface area contributed by atoms with Gasteiger partial charge in [0.15, 0.2) is 0 Å². The van der Waals surface area contributed by atoms with Crippen LogP contribution in [0.2, 0.25) is 5.02 Å². The molecule has 26 heavy (non-hydrogen) atoms. The van der Waals surface area contributed by atoms with Gasteiger partial charge < -0.3 is 9.80 Å². The number of hydrogen-bond acceptors (Lipinski definition) is 3. The number of nitrogens with one attached hydrogen (secondary N) is 1. The lowest BCUT2D eigenvalue weighted by Crippen LogP contribution is -2.52. The van der Waals surface area contributed by atoms with Crippen LogP contribution in [0.5, 0.6) is 0 Å². The Morgan fingerprint density at radius 2 is 2.00 bits per heavy atom. The summed E-state index contributed by atoms with van der Waals surface area (Å²) in [6.07, 6.45) is 1.29. The summed E-state index contributed by atoms with van der Waals surface area (Å²) in [5, 5.41) is 3.08. The minimum absolute atomic E-state index is 0.0293. The van der Waals surface area contributed by atoms with Crippen LogP contribution in [0.4, 0.5) is 4.39 Å². The Labute approximate surface area is 157 Å². The number of rotatable bonds is 4. The summed E-state index contributed by atoms with van der Waals surface area (Å²) >= 11 is 5.72. The highest BCUT2D eigenvalue weighted by molar-refractivity contribution is 6.30. The minimum Gasteiger partial charge on any atom is -0.338 e. The van der Waals surface area contributed by atoms with E-state index in [1.165, 1.54) is 18.2 Å². The lowest BCUT2D eigenvalue weighted by Gasteiger charge is -2.34. The molecule has 5 nitrogen and oxygen atoms in total. The lowest BCUT2D eigenvalue weighted by atomic mass is 10.2. The van der Waals surface area contributed by atoms with Gasteiger partial charge in [-0.1, -0.05) is 30.0 Å². The third-order valence-electron chi connectivity index (χ3n) is 4.03. The first-order chi connectivity index (χ1) is 12.4. The maximum atomic E-state index is 13.1. The highest BCUT2D eigenvalue weighted by atomic mass is 35.5. The second-order valence-electron chi connectivity index (χ2n) is 5.91. The SMILES string of the molecule is C=CC(=O)N1CCN(C(=O)CNC(C)C#Cc2ccc(F)c(Cl)c2)CC1. The molecule has 0 aromatic heterocycles. The Morgan fingerprint density at radius 3 is 2.62 bits per heavy atom. The summed E-state index contributed by atoms with van der Waals surface area (Å²) < 4.78 is 13.1. The number of carbonyl (C=O) groups is 2. The van der Waals surface area contributed by atoms with E-state index in [-0.39, 0.29) is 29.4 Å². The van der Waals surface area contributed by atoms with Crippen molar-refractivity contribution < 1.29 is 14.0 Å². The smallest absolute Gasteiger partial charge is 0.246 e. The van der Waals surface area contributed by atoms with E-state index in [4.69, 9.17) is 11.6 Å². The molecule has 1 aromatic carbocycles. The van der Waals surface area contributed by atoms with E-state index in [0.717, 1.165) is 0 Å². The van der Waals surface area contributed by atoms with Crippen LogP contribution in [0.25, 0.3) is 0 Å². The lowest BCUT2D eigenvalue weighted by molar-refractivity contribution is -0.136. The van der Waals surface area contributed by atoms with Crippen LogP contribution >= 0.6 is 11.6 Å². The van der Waals surface area contributed by atoms with E-state index in [9.17, 15) is 14.0 Å². The first kappa shape index (κ1) is 20.0. The van der Waals surface area contributed by atoms with E-state index in [0.29, 0.717) is 31.7 Å². The van der Waals surface area contributed by atoms with Gasteiger partial charge in [0.2, 0.25) is 11.8 Å². The third kappa shape index (κ3) is 5.58. The van der Waals surface area contributed by atoms with Crippen LogP contribution in [-0.4, -0.2) is 60.4 Å². The van der Waals surface area contributed by atoms with Crippen molar-refractivity contribution in [3.8, 4) is 11.8 Å². The van der Waals surface area contributed by atoms with Gasteiger partial charge in [-0.15, -0.1) is 0 Å². The van der Waals surface area contributed by atoms with Crippen LogP contribution in [0, 0.1) is 17.7 Å². The van der Waals surface area contributed by atoms with Gasteiger partial charge in [-0.05, 0) is 31.2 Å². The highest BCUT2D eigenvalue weighted by Gasteiger charge is 2.22. The fourth-order valence-corrected chi connectivity index (χ4v) is 2.65. The highest BCUT2D eigenvalue weighted by Crippen LogP contribution is 2.15. The number of amides is 2. The van der Waals surface area contributed by atoms with Gasteiger partial charge in [-0.3, -0.25) is 14.9 Å². The molecule has 1 heterocycles. The van der Waals surface area contributed by atoms with E-state index < -0.39 is 5.82 Å². The number of halogens is 2. The van der Waals surface area contributed by atoms with Gasteiger partial charge in [0, 0.05) is 31.7 Å². The van der Waals surface area contributed by atoms with E-state index in [2.05, 4.69) is 23.7 Å². The van der Waals surface area contributed by atoms with Crippen molar-refractivity contribution in [2.24, 2.45) is 0 Å². The van der Waals surface area contributed by atoms with Crippen LogP contribution in [0.15, 0.2) is 30.9 Å². The Morgan fingerprint density at radius 1 is 1.35 bits per heavy atom. The van der Waals surface area contributed by atoms with Crippen molar-refractivity contribution in [1.29, 1.82) is 0 Å². The summed E-state index contributed by atoms with van der Waals surface area (Å²) in [7, 11) is 0. The molecule has 2 amide bonds. The first-order valence-corrected chi connectivity index (χ1v) is 8.67. The summed E-state index contributed by atoms with van der Waals surface area (Å²) in [6.45, 7) is 7.51. The molecule has 7 heteroatoms. The maximum Gasteiger partial charge on any atom is 0.246 e. The zero-order valence-electron chi connectivity index (χ0n) is 14.6. The molecule has 1 atom stereocenters. The molecular formula is C19H21ClFN3O2. The minimum atomic E-state index is -0.483. The molecule has 1 fully saturated rings. The maximum absolute atomic E-state index is 13.1. The molecule has 138 valence electrons. The Kier molecular flexibility index (Phi) is 7.19. The van der Waals surface area contributed by atoms with Gasteiger partial charge in [-0.2, -0.15) is 0 Å². The van der Waals surface area contributed by atoms with Crippen LogP contribution in [0.1, 0.15) is 12.5 Å². The van der Waals surface area contributed by atoms with Crippen molar-refractivity contribution in [2.75, 3.05) is 32.7 Å². The molecule has 0 saturated carbocycles. The third-order valence-corrected chi connectivity index (χ3v) is 4.32. The van der Waals surface area contributed by atoms with Crippen LogP contribution < -0.4 is 5.32 Å². The predicted octanol–water partition coefficient (Wildman–Crippen LogP) is 1.67. The largest absolute Gasteiger partial charge is 0.338 e. The molecule has 1 saturated heterocycles. The fourth-order valence-electron chi connectivity index (χ4n) is 2.47. The summed E-state index contributed by atoms with van der Waals surface area (Å²) in [5.41, 5.74) is 0.611. The van der Waals surface area contributed by atoms with Gasteiger partial charge in [0.05, 0.1) is 17.6 Å². The standard InChI is InChI=1S/C19H21ClFN3O2/c1-3-18(25)23-8-10-24(11-9-23)19(26)13-22-14(2)4-5-15-6-7-17(21)16(20)12-15/h3,6-7,12,14,22H,1,8-11,13H2,2H3. The van der Waals surface area contributed by atoms with E-state index in [1.54, 1.807) is 15.9 Å². The van der Waals surface area contributed by atoms with Crippen molar-refractivity contribution in [1.82, 2.24) is 15.1 Å². The van der Waals surface area contributed by atoms with Gasteiger partial charge in [-0.25, -0.2) is 4.39 Å². The van der Waals surface area contributed by atoms with Crippen molar-refractivity contribution in [2.45, 2.75) is 13.0 Å². The van der Waals surface area contributed by atoms with Crippen molar-refractivity contribution in [3.05, 3.63) is 47.3 Å². The molecule has 1 unspecified atom stereocenters. The topological polar surface area (TPSA) is 52.7 Å². The normalized spacial score (nSPS) is 15.0. The molecule has 1 N–H and O–H groups in total. The van der Waals surface area contributed by atoms with Gasteiger partial charge in [0.1, 0.15) is 5.82 Å².